The van der Waals surface area contributed by atoms with E-state index in [1.54, 1.807) is 0 Å². The van der Waals surface area contributed by atoms with Crippen LogP contribution < -0.4 is 14.8 Å². The molecule has 1 aromatic rings. The van der Waals surface area contributed by atoms with E-state index in [9.17, 15) is 18.3 Å². The first-order valence-electron chi connectivity index (χ1n) is 7.32. The van der Waals surface area contributed by atoms with Crippen LogP contribution in [0.15, 0.2) is 24.3 Å². The van der Waals surface area contributed by atoms with Crippen LogP contribution in [0.3, 0.4) is 0 Å². The summed E-state index contributed by atoms with van der Waals surface area (Å²) in [5.41, 5.74) is 0. The second-order valence-electron chi connectivity index (χ2n) is 5.89. The predicted molar refractivity (Wildman–Crippen MR) is 72.6 cm³/mol. The van der Waals surface area contributed by atoms with E-state index in [1.165, 1.54) is 24.3 Å². The zero-order valence-corrected chi connectivity index (χ0v) is 11.8. The molecule has 0 radical (unpaired) electrons. The lowest BCUT2D eigenvalue weighted by Crippen LogP contribution is -2.42. The lowest BCUT2D eigenvalue weighted by atomic mass is 9.78. The highest BCUT2D eigenvalue weighted by molar-refractivity contribution is 5.31. The molecule has 4 nitrogen and oxygen atoms in total. The summed E-state index contributed by atoms with van der Waals surface area (Å²) in [6, 6.07) is 5.26. The normalized spacial score (nSPS) is 31.6. The van der Waals surface area contributed by atoms with Crippen molar-refractivity contribution in [3.05, 3.63) is 24.3 Å². The molecule has 0 amide bonds. The van der Waals surface area contributed by atoms with Gasteiger partial charge in [-0.2, -0.15) is 0 Å². The van der Waals surface area contributed by atoms with Gasteiger partial charge in [0.2, 0.25) is 0 Å². The molecule has 2 fully saturated rings. The highest BCUT2D eigenvalue weighted by Crippen LogP contribution is 2.35. The lowest BCUT2D eigenvalue weighted by Gasteiger charge is -2.35. The molecule has 1 aliphatic heterocycles. The molecule has 2 N–H and O–H groups in total. The number of benzene rings is 1. The average Bonchev–Trinajstić information content (AvgIpc) is 2.87. The first-order chi connectivity index (χ1) is 10.4. The number of fused-ring (bicyclic) bond motifs is 1. The molecule has 1 saturated heterocycles. The summed E-state index contributed by atoms with van der Waals surface area (Å²) < 4.78 is 45.9. The largest absolute Gasteiger partial charge is 0.573 e. The molecule has 1 aliphatic carbocycles. The van der Waals surface area contributed by atoms with Gasteiger partial charge < -0.3 is 19.9 Å². The fourth-order valence-electron chi connectivity index (χ4n) is 3.28. The van der Waals surface area contributed by atoms with Crippen molar-refractivity contribution >= 4 is 0 Å². The number of alkyl halides is 3. The maximum absolute atomic E-state index is 12.1. The Bertz CT molecular complexity index is 506. The van der Waals surface area contributed by atoms with Crippen molar-refractivity contribution in [2.75, 3.05) is 13.1 Å². The molecule has 22 heavy (non-hydrogen) atoms. The van der Waals surface area contributed by atoms with E-state index in [0.717, 1.165) is 19.5 Å². The van der Waals surface area contributed by atoms with Gasteiger partial charge >= 0.3 is 6.36 Å². The highest BCUT2D eigenvalue weighted by Gasteiger charge is 2.39. The van der Waals surface area contributed by atoms with Gasteiger partial charge in [-0.15, -0.1) is 13.2 Å². The van der Waals surface area contributed by atoms with Crippen LogP contribution in [0.5, 0.6) is 11.5 Å². The minimum Gasteiger partial charge on any atom is -0.488 e. The molecule has 4 atom stereocenters. The molecule has 3 rings (SSSR count). The minimum atomic E-state index is -4.70. The second kappa shape index (κ2) is 5.96. The van der Waals surface area contributed by atoms with Crippen LogP contribution in [0, 0.1) is 11.8 Å². The number of nitrogens with one attached hydrogen (secondary N) is 1. The Kier molecular flexibility index (Phi) is 4.18. The van der Waals surface area contributed by atoms with Gasteiger partial charge in [-0.25, -0.2) is 0 Å². The Morgan fingerprint density at radius 3 is 2.23 bits per heavy atom. The smallest absolute Gasteiger partial charge is 0.488 e. The Morgan fingerprint density at radius 1 is 1.00 bits per heavy atom. The minimum absolute atomic E-state index is 0.288. The Balaban J connectivity index is 1.60. The number of hydrogen-bond acceptors (Lipinski definition) is 4. The number of rotatable bonds is 3. The molecule has 1 aromatic carbocycles. The monoisotopic (exact) mass is 317 g/mol. The zero-order chi connectivity index (χ0) is 15.7. The first kappa shape index (κ1) is 15.4. The Labute approximate surface area is 126 Å². The number of ether oxygens (including phenoxy) is 2. The molecular formula is C15H18F3NO3. The molecule has 1 heterocycles. The molecule has 0 aromatic heterocycles. The number of hydrogen-bond donors (Lipinski definition) is 2. The summed E-state index contributed by atoms with van der Waals surface area (Å²) in [4.78, 5) is 0. The third-order valence-corrected chi connectivity index (χ3v) is 4.33. The Hall–Kier alpha value is -1.47. The predicted octanol–water partition coefficient (Wildman–Crippen LogP) is 2.32. The standard InChI is InChI=1S/C15H18F3NO3/c16-15(17,18)22-12-3-1-11(2-4-12)21-14-6-10-8-19-7-9(10)5-13(14)20/h1-4,9-10,13-14,19-20H,5-8H2/t9-,10+,13+,14+/m0/s1. The third-order valence-electron chi connectivity index (χ3n) is 4.33. The van der Waals surface area contributed by atoms with E-state index in [4.69, 9.17) is 4.74 Å². The number of halogens is 3. The highest BCUT2D eigenvalue weighted by atomic mass is 19.4. The maximum Gasteiger partial charge on any atom is 0.573 e. The average molecular weight is 317 g/mol. The number of aliphatic hydroxyl groups is 1. The molecule has 7 heteroatoms. The van der Waals surface area contributed by atoms with Gasteiger partial charge in [-0.05, 0) is 62.0 Å². The van der Waals surface area contributed by atoms with Gasteiger partial charge in [0, 0.05) is 0 Å². The summed E-state index contributed by atoms with van der Waals surface area (Å²) in [7, 11) is 0. The van der Waals surface area contributed by atoms with Crippen molar-refractivity contribution in [1.82, 2.24) is 5.32 Å². The van der Waals surface area contributed by atoms with E-state index in [2.05, 4.69) is 10.1 Å². The van der Waals surface area contributed by atoms with E-state index in [0.29, 0.717) is 24.0 Å². The van der Waals surface area contributed by atoms with Crippen LogP contribution in [0.4, 0.5) is 13.2 Å². The summed E-state index contributed by atoms with van der Waals surface area (Å²) in [5, 5.41) is 13.5. The van der Waals surface area contributed by atoms with Crippen LogP contribution in [-0.2, 0) is 0 Å². The van der Waals surface area contributed by atoms with Crippen molar-refractivity contribution in [3.8, 4) is 11.5 Å². The lowest BCUT2D eigenvalue weighted by molar-refractivity contribution is -0.274. The van der Waals surface area contributed by atoms with E-state index in [-0.39, 0.29) is 11.9 Å². The van der Waals surface area contributed by atoms with Gasteiger partial charge in [0.05, 0.1) is 6.10 Å². The van der Waals surface area contributed by atoms with Crippen molar-refractivity contribution in [3.63, 3.8) is 0 Å². The Morgan fingerprint density at radius 2 is 1.59 bits per heavy atom. The van der Waals surface area contributed by atoms with Crippen LogP contribution >= 0.6 is 0 Å². The van der Waals surface area contributed by atoms with E-state index >= 15 is 0 Å². The van der Waals surface area contributed by atoms with Crippen LogP contribution in [0.2, 0.25) is 0 Å². The summed E-state index contributed by atoms with van der Waals surface area (Å²) in [5.74, 6) is 1.12. The fraction of sp³-hybridized carbons (Fsp3) is 0.600. The summed E-state index contributed by atoms with van der Waals surface area (Å²) in [6.45, 7) is 1.85. The van der Waals surface area contributed by atoms with Crippen molar-refractivity contribution in [2.45, 2.75) is 31.4 Å². The van der Waals surface area contributed by atoms with E-state index < -0.39 is 12.5 Å². The van der Waals surface area contributed by atoms with Crippen LogP contribution in [0.1, 0.15) is 12.8 Å². The zero-order valence-electron chi connectivity index (χ0n) is 11.8. The first-order valence-corrected chi connectivity index (χ1v) is 7.32. The van der Waals surface area contributed by atoms with Crippen molar-refractivity contribution in [2.24, 2.45) is 11.8 Å². The van der Waals surface area contributed by atoms with Crippen molar-refractivity contribution in [1.29, 1.82) is 0 Å². The SMILES string of the molecule is O[C@@H]1C[C@H]2CNC[C@H]2C[C@H]1Oc1ccc(OC(F)(F)F)cc1. The van der Waals surface area contributed by atoms with Gasteiger partial charge in [-0.3, -0.25) is 0 Å². The molecule has 2 aliphatic rings. The molecule has 0 bridgehead atoms. The molecule has 0 spiro atoms. The topological polar surface area (TPSA) is 50.7 Å². The van der Waals surface area contributed by atoms with Crippen molar-refractivity contribution < 1.29 is 27.8 Å². The summed E-state index contributed by atoms with van der Waals surface area (Å²) >= 11 is 0. The second-order valence-corrected chi connectivity index (χ2v) is 5.89. The summed E-state index contributed by atoms with van der Waals surface area (Å²) in [6.07, 6.45) is -4.13. The quantitative estimate of drug-likeness (QED) is 0.898. The van der Waals surface area contributed by atoms with Gasteiger partial charge in [0.15, 0.2) is 0 Å². The maximum atomic E-state index is 12.1. The van der Waals surface area contributed by atoms with Crippen LogP contribution in [-0.4, -0.2) is 36.8 Å². The van der Waals surface area contributed by atoms with Gasteiger partial charge in [0.1, 0.15) is 17.6 Å². The molecule has 1 saturated carbocycles. The van der Waals surface area contributed by atoms with Gasteiger partial charge in [-0.1, -0.05) is 0 Å². The van der Waals surface area contributed by atoms with Gasteiger partial charge in [0.25, 0.3) is 0 Å². The fourth-order valence-corrected chi connectivity index (χ4v) is 3.28. The molecule has 122 valence electrons. The molecular weight excluding hydrogens is 299 g/mol. The number of aliphatic hydroxyl groups excluding tert-OH is 1. The van der Waals surface area contributed by atoms with E-state index in [1.807, 2.05) is 0 Å². The third kappa shape index (κ3) is 3.64. The van der Waals surface area contributed by atoms with Crippen LogP contribution in [0.25, 0.3) is 0 Å². The molecule has 0 unspecified atom stereocenters.